The molecular weight excluding hydrogens is 382 g/mol. The van der Waals surface area contributed by atoms with Gasteiger partial charge < -0.3 is 4.90 Å². The van der Waals surface area contributed by atoms with Crippen LogP contribution in [0, 0.1) is 0 Å². The van der Waals surface area contributed by atoms with Crippen LogP contribution in [0.5, 0.6) is 0 Å². The number of benzene rings is 2. The van der Waals surface area contributed by atoms with Gasteiger partial charge in [-0.15, -0.1) is 22.0 Å². The highest BCUT2D eigenvalue weighted by Gasteiger charge is 2.24. The van der Waals surface area contributed by atoms with Crippen LogP contribution in [-0.2, 0) is 11.3 Å². The van der Waals surface area contributed by atoms with E-state index in [-0.39, 0.29) is 12.5 Å². The van der Waals surface area contributed by atoms with Gasteiger partial charge in [-0.3, -0.25) is 4.79 Å². The Hall–Kier alpha value is -2.38. The number of tetrazole rings is 1. The van der Waals surface area contributed by atoms with Crippen LogP contribution in [0.2, 0.25) is 5.02 Å². The lowest BCUT2D eigenvalue weighted by Crippen LogP contribution is -2.35. The maximum atomic E-state index is 13.0. The summed E-state index contributed by atoms with van der Waals surface area (Å²) in [5.74, 6) is 0.401. The van der Waals surface area contributed by atoms with Crippen LogP contribution in [0.15, 0.2) is 53.4 Å². The average molecular weight is 400 g/mol. The zero-order chi connectivity index (χ0) is 18.8. The summed E-state index contributed by atoms with van der Waals surface area (Å²) in [4.78, 5) is 17.2. The molecule has 0 aliphatic carbocycles. The highest BCUT2D eigenvalue weighted by Crippen LogP contribution is 2.37. The fourth-order valence-electron chi connectivity index (χ4n) is 3.01. The van der Waals surface area contributed by atoms with Crippen LogP contribution in [0.25, 0.3) is 11.4 Å². The van der Waals surface area contributed by atoms with Gasteiger partial charge in [0.15, 0.2) is 0 Å². The first-order valence-electron chi connectivity index (χ1n) is 8.70. The van der Waals surface area contributed by atoms with Crippen molar-refractivity contribution in [2.75, 3.05) is 11.4 Å². The van der Waals surface area contributed by atoms with Crippen LogP contribution < -0.4 is 4.90 Å². The Morgan fingerprint density at radius 2 is 2.11 bits per heavy atom. The lowest BCUT2D eigenvalue weighted by molar-refractivity contribution is -0.119. The first kappa shape index (κ1) is 18.0. The maximum Gasteiger partial charge on any atom is 0.250 e. The number of rotatable bonds is 3. The quantitative estimate of drug-likeness (QED) is 0.668. The second-order valence-corrected chi connectivity index (χ2v) is 8.30. The lowest BCUT2D eigenvalue weighted by Gasteiger charge is -2.22. The molecule has 0 saturated heterocycles. The van der Waals surface area contributed by atoms with Gasteiger partial charge in [0.2, 0.25) is 5.82 Å². The largest absolute Gasteiger partial charge is 0.310 e. The van der Waals surface area contributed by atoms with Crippen molar-refractivity contribution in [3.63, 3.8) is 0 Å². The predicted molar refractivity (Wildman–Crippen MR) is 107 cm³/mol. The van der Waals surface area contributed by atoms with E-state index in [1.807, 2.05) is 35.2 Å². The average Bonchev–Trinajstić information content (AvgIpc) is 3.04. The van der Waals surface area contributed by atoms with E-state index in [1.165, 1.54) is 4.80 Å². The summed E-state index contributed by atoms with van der Waals surface area (Å²) in [5, 5.41) is 13.5. The van der Waals surface area contributed by atoms with Crippen LogP contribution >= 0.6 is 23.4 Å². The monoisotopic (exact) mass is 399 g/mol. The molecule has 0 spiro atoms. The Morgan fingerprint density at radius 3 is 2.96 bits per heavy atom. The number of carbonyl (C=O) groups excluding carboxylic acids is 1. The van der Waals surface area contributed by atoms with Crippen LogP contribution in [0.3, 0.4) is 0 Å². The van der Waals surface area contributed by atoms with Crippen molar-refractivity contribution >= 4 is 35.0 Å². The molecule has 0 saturated carbocycles. The first-order chi connectivity index (χ1) is 13.1. The summed E-state index contributed by atoms with van der Waals surface area (Å²) >= 11 is 7.82. The number of hydrogen-bond acceptors (Lipinski definition) is 5. The van der Waals surface area contributed by atoms with Crippen molar-refractivity contribution in [2.24, 2.45) is 0 Å². The van der Waals surface area contributed by atoms with Crippen LogP contribution in [0.1, 0.15) is 13.3 Å². The van der Waals surface area contributed by atoms with Crippen LogP contribution in [-0.4, -0.2) is 37.9 Å². The molecule has 0 N–H and O–H groups in total. The minimum atomic E-state index is -0.0489. The zero-order valence-corrected chi connectivity index (χ0v) is 16.3. The standard InChI is InChI=1S/C19H18ClN5OS/c1-13-9-10-24(16-7-2-3-8-17(16)27-13)18(26)12-25-22-19(21-23-25)14-5-4-6-15(20)11-14/h2-8,11,13H,9-10,12H2,1H3. The molecule has 1 aliphatic rings. The molecular formula is C19H18ClN5OS. The number of hydrogen-bond donors (Lipinski definition) is 0. The molecule has 1 amide bonds. The van der Waals surface area contributed by atoms with E-state index in [0.29, 0.717) is 22.6 Å². The summed E-state index contributed by atoms with van der Waals surface area (Å²) in [6.07, 6.45) is 0.934. The number of nitrogens with zero attached hydrogens (tertiary/aromatic N) is 5. The molecule has 0 radical (unpaired) electrons. The summed E-state index contributed by atoms with van der Waals surface area (Å²) in [6, 6.07) is 15.3. The Kier molecular flexibility index (Phi) is 5.13. The second-order valence-electron chi connectivity index (χ2n) is 6.38. The molecule has 8 heteroatoms. The van der Waals surface area contributed by atoms with Crippen LogP contribution in [0.4, 0.5) is 5.69 Å². The number of amides is 1. The number of para-hydroxylation sites is 1. The van der Waals surface area contributed by atoms with Gasteiger partial charge in [-0.1, -0.05) is 42.8 Å². The van der Waals surface area contributed by atoms with Gasteiger partial charge in [-0.25, -0.2) is 0 Å². The van der Waals surface area contributed by atoms with E-state index in [9.17, 15) is 4.79 Å². The number of halogens is 1. The maximum absolute atomic E-state index is 13.0. The van der Waals surface area contributed by atoms with Gasteiger partial charge in [0.1, 0.15) is 6.54 Å². The Labute approximate surface area is 166 Å². The van der Waals surface area contributed by atoms with Crippen molar-refractivity contribution in [2.45, 2.75) is 30.0 Å². The molecule has 1 aliphatic heterocycles. The van der Waals surface area contributed by atoms with Gasteiger partial charge in [-0.05, 0) is 35.9 Å². The minimum absolute atomic E-state index is 0.0426. The van der Waals surface area contributed by atoms with Gasteiger partial charge in [0.25, 0.3) is 5.91 Å². The van der Waals surface area contributed by atoms with E-state index in [4.69, 9.17) is 11.6 Å². The van der Waals surface area contributed by atoms with E-state index in [2.05, 4.69) is 28.4 Å². The smallest absolute Gasteiger partial charge is 0.250 e. The molecule has 0 bridgehead atoms. The third-order valence-corrected chi connectivity index (χ3v) is 5.83. The number of thioether (sulfide) groups is 1. The van der Waals surface area contributed by atoms with Gasteiger partial charge >= 0.3 is 0 Å². The second kappa shape index (κ2) is 7.70. The summed E-state index contributed by atoms with van der Waals surface area (Å²) in [7, 11) is 0. The Bertz CT molecular complexity index is 976. The highest BCUT2D eigenvalue weighted by atomic mass is 35.5. The van der Waals surface area contributed by atoms with Gasteiger partial charge in [0, 0.05) is 27.3 Å². The van der Waals surface area contributed by atoms with E-state index in [0.717, 1.165) is 22.6 Å². The molecule has 6 nitrogen and oxygen atoms in total. The fourth-order valence-corrected chi connectivity index (χ4v) is 4.31. The summed E-state index contributed by atoms with van der Waals surface area (Å²) in [5.41, 5.74) is 1.72. The molecule has 1 unspecified atom stereocenters. The third kappa shape index (κ3) is 3.99. The lowest BCUT2D eigenvalue weighted by atomic mass is 10.2. The van der Waals surface area contributed by atoms with Gasteiger partial charge in [0.05, 0.1) is 5.69 Å². The molecule has 1 atom stereocenters. The van der Waals surface area contributed by atoms with Crippen molar-refractivity contribution in [1.82, 2.24) is 20.2 Å². The number of aromatic nitrogens is 4. The molecule has 1 aromatic heterocycles. The molecule has 138 valence electrons. The molecule has 27 heavy (non-hydrogen) atoms. The predicted octanol–water partition coefficient (Wildman–Crippen LogP) is 3.91. The Balaban J connectivity index is 1.55. The summed E-state index contributed by atoms with van der Waals surface area (Å²) in [6.45, 7) is 2.91. The van der Waals surface area contributed by atoms with E-state index in [1.54, 1.807) is 23.9 Å². The summed E-state index contributed by atoms with van der Waals surface area (Å²) < 4.78 is 0. The molecule has 4 rings (SSSR count). The van der Waals surface area contributed by atoms with Crippen molar-refractivity contribution in [3.05, 3.63) is 53.6 Å². The van der Waals surface area contributed by atoms with Crippen molar-refractivity contribution in [1.29, 1.82) is 0 Å². The van der Waals surface area contributed by atoms with Crippen molar-refractivity contribution in [3.8, 4) is 11.4 Å². The topological polar surface area (TPSA) is 63.9 Å². The molecule has 3 aromatic rings. The molecule has 2 heterocycles. The van der Waals surface area contributed by atoms with Gasteiger partial charge in [-0.2, -0.15) is 4.80 Å². The number of fused-ring (bicyclic) bond motifs is 1. The highest BCUT2D eigenvalue weighted by molar-refractivity contribution is 8.00. The zero-order valence-electron chi connectivity index (χ0n) is 14.7. The minimum Gasteiger partial charge on any atom is -0.310 e. The van der Waals surface area contributed by atoms with E-state index >= 15 is 0 Å². The Morgan fingerprint density at radius 1 is 1.26 bits per heavy atom. The third-order valence-electron chi connectivity index (χ3n) is 4.36. The first-order valence-corrected chi connectivity index (χ1v) is 9.96. The van der Waals surface area contributed by atoms with Crippen molar-refractivity contribution < 1.29 is 4.79 Å². The molecule has 2 aromatic carbocycles. The fraction of sp³-hybridized carbons (Fsp3) is 0.263. The molecule has 0 fully saturated rings. The normalized spacial score (nSPS) is 16.7. The van der Waals surface area contributed by atoms with E-state index < -0.39 is 0 Å². The number of carbonyl (C=O) groups is 1. The number of anilines is 1. The SMILES string of the molecule is CC1CCN(C(=O)Cn2nnc(-c3cccc(Cl)c3)n2)c2ccccc2S1.